The molecule has 2 saturated carbocycles. The smallest absolute Gasteiger partial charge is 0.0177 e. The maximum absolute atomic E-state index is 3.78. The fraction of sp³-hybridized carbons (Fsp3) is 0.684. The average molecular weight is 286 g/mol. The Labute approximate surface area is 129 Å². The molecular formula is C19H30N2. The first kappa shape index (κ1) is 15.1. The van der Waals surface area contributed by atoms with Gasteiger partial charge in [0, 0.05) is 30.6 Å². The van der Waals surface area contributed by atoms with E-state index >= 15 is 0 Å². The van der Waals surface area contributed by atoms with E-state index in [1.54, 1.807) is 0 Å². The van der Waals surface area contributed by atoms with Crippen LogP contribution in [0.3, 0.4) is 0 Å². The van der Waals surface area contributed by atoms with Crippen molar-refractivity contribution in [1.82, 2.24) is 10.2 Å². The fourth-order valence-electron chi connectivity index (χ4n) is 3.31. The third kappa shape index (κ3) is 4.08. The zero-order chi connectivity index (χ0) is 14.7. The molecule has 1 aromatic rings. The van der Waals surface area contributed by atoms with Crippen molar-refractivity contribution in [2.24, 2.45) is 0 Å². The molecule has 2 fully saturated rings. The lowest BCUT2D eigenvalue weighted by Crippen LogP contribution is -2.47. The van der Waals surface area contributed by atoms with E-state index < -0.39 is 0 Å². The van der Waals surface area contributed by atoms with Crippen molar-refractivity contribution in [2.75, 3.05) is 19.6 Å². The molecule has 0 amide bonds. The lowest BCUT2D eigenvalue weighted by molar-refractivity contribution is 0.202. The molecule has 1 N–H and O–H groups in total. The zero-order valence-electron chi connectivity index (χ0n) is 13.6. The Morgan fingerprint density at radius 3 is 2.43 bits per heavy atom. The molecule has 21 heavy (non-hydrogen) atoms. The minimum Gasteiger partial charge on any atom is -0.313 e. The first-order chi connectivity index (χ1) is 10.2. The van der Waals surface area contributed by atoms with Gasteiger partial charge in [0.1, 0.15) is 0 Å². The Kier molecular flexibility index (Phi) is 4.66. The molecule has 0 aromatic heterocycles. The van der Waals surface area contributed by atoms with Crippen LogP contribution in [-0.4, -0.2) is 36.6 Å². The second kappa shape index (κ2) is 6.50. The molecule has 1 aromatic carbocycles. The molecular weight excluding hydrogens is 256 g/mol. The van der Waals surface area contributed by atoms with Crippen molar-refractivity contribution in [2.45, 2.75) is 63.5 Å². The van der Waals surface area contributed by atoms with E-state index in [0.717, 1.165) is 18.6 Å². The fourth-order valence-corrected chi connectivity index (χ4v) is 3.31. The topological polar surface area (TPSA) is 15.3 Å². The van der Waals surface area contributed by atoms with Gasteiger partial charge in [-0.3, -0.25) is 4.90 Å². The summed E-state index contributed by atoms with van der Waals surface area (Å²) in [6, 6.07) is 12.8. The average Bonchev–Trinajstić information content (AvgIpc) is 3.40. The third-order valence-electron chi connectivity index (χ3n) is 4.96. The molecule has 0 spiro atoms. The van der Waals surface area contributed by atoms with Crippen molar-refractivity contribution in [3.8, 4) is 0 Å². The van der Waals surface area contributed by atoms with E-state index in [1.807, 2.05) is 0 Å². The van der Waals surface area contributed by atoms with Gasteiger partial charge in [-0.1, -0.05) is 44.2 Å². The number of nitrogens with zero attached hydrogens (tertiary/aromatic N) is 1. The van der Waals surface area contributed by atoms with E-state index in [1.165, 1.54) is 50.8 Å². The number of hydrogen-bond donors (Lipinski definition) is 1. The third-order valence-corrected chi connectivity index (χ3v) is 4.96. The second-order valence-electron chi connectivity index (χ2n) is 7.28. The predicted octanol–water partition coefficient (Wildman–Crippen LogP) is 3.57. The van der Waals surface area contributed by atoms with Crippen LogP contribution in [0.1, 0.15) is 51.5 Å². The van der Waals surface area contributed by atoms with Gasteiger partial charge >= 0.3 is 0 Å². The monoisotopic (exact) mass is 286 g/mol. The number of benzene rings is 1. The summed E-state index contributed by atoms with van der Waals surface area (Å²) in [5.41, 5.74) is 1.71. The molecule has 2 aliphatic carbocycles. The van der Waals surface area contributed by atoms with Crippen LogP contribution in [0, 0.1) is 0 Å². The Balaban J connectivity index is 1.73. The van der Waals surface area contributed by atoms with Crippen LogP contribution >= 0.6 is 0 Å². The molecule has 2 aliphatic rings. The first-order valence-electron chi connectivity index (χ1n) is 8.74. The number of nitrogens with one attached hydrogen (secondary N) is 1. The van der Waals surface area contributed by atoms with Gasteiger partial charge in [-0.25, -0.2) is 0 Å². The molecule has 116 valence electrons. The predicted molar refractivity (Wildman–Crippen MR) is 89.7 cm³/mol. The molecule has 0 radical (unpaired) electrons. The Morgan fingerprint density at radius 1 is 1.14 bits per heavy atom. The standard InChI is InChI=1S/C19H30N2/c1-3-13-21(18-11-12-18)15-19(2,14-20-17-9-10-17)16-7-5-4-6-8-16/h4-8,17-18,20H,3,9-15H2,1-2H3. The highest BCUT2D eigenvalue weighted by Gasteiger charge is 2.36. The normalized spacial score (nSPS) is 21.5. The van der Waals surface area contributed by atoms with E-state index in [4.69, 9.17) is 0 Å². The molecule has 1 atom stereocenters. The van der Waals surface area contributed by atoms with E-state index in [9.17, 15) is 0 Å². The quantitative estimate of drug-likeness (QED) is 0.746. The largest absolute Gasteiger partial charge is 0.313 e. The number of rotatable bonds is 9. The molecule has 0 heterocycles. The van der Waals surface area contributed by atoms with Gasteiger partial charge < -0.3 is 5.32 Å². The molecule has 2 nitrogen and oxygen atoms in total. The maximum atomic E-state index is 3.78. The lowest BCUT2D eigenvalue weighted by atomic mass is 9.81. The van der Waals surface area contributed by atoms with Crippen LogP contribution in [0.2, 0.25) is 0 Å². The van der Waals surface area contributed by atoms with Gasteiger partial charge in [0.05, 0.1) is 0 Å². The minimum atomic E-state index is 0.224. The van der Waals surface area contributed by atoms with Gasteiger partial charge in [0.15, 0.2) is 0 Å². The van der Waals surface area contributed by atoms with Crippen LogP contribution < -0.4 is 5.32 Å². The van der Waals surface area contributed by atoms with Crippen LogP contribution in [0.15, 0.2) is 30.3 Å². The summed E-state index contributed by atoms with van der Waals surface area (Å²) in [4.78, 5) is 2.74. The Morgan fingerprint density at radius 2 is 1.86 bits per heavy atom. The van der Waals surface area contributed by atoms with Crippen LogP contribution in [-0.2, 0) is 5.41 Å². The zero-order valence-corrected chi connectivity index (χ0v) is 13.6. The van der Waals surface area contributed by atoms with Gasteiger partial charge in [-0.15, -0.1) is 0 Å². The van der Waals surface area contributed by atoms with Crippen molar-refractivity contribution < 1.29 is 0 Å². The molecule has 1 unspecified atom stereocenters. The Bertz CT molecular complexity index is 436. The summed E-state index contributed by atoms with van der Waals surface area (Å²) in [6.07, 6.45) is 6.80. The summed E-state index contributed by atoms with van der Waals surface area (Å²) in [6.45, 7) is 8.29. The summed E-state index contributed by atoms with van der Waals surface area (Å²) in [7, 11) is 0. The second-order valence-corrected chi connectivity index (χ2v) is 7.28. The van der Waals surface area contributed by atoms with Gasteiger partial charge in [-0.2, -0.15) is 0 Å². The minimum absolute atomic E-state index is 0.224. The number of hydrogen-bond acceptors (Lipinski definition) is 2. The molecule has 0 aliphatic heterocycles. The van der Waals surface area contributed by atoms with Crippen molar-refractivity contribution in [1.29, 1.82) is 0 Å². The summed E-state index contributed by atoms with van der Waals surface area (Å²) in [5.74, 6) is 0. The highest BCUT2D eigenvalue weighted by molar-refractivity contribution is 5.26. The van der Waals surface area contributed by atoms with Gasteiger partial charge in [0.2, 0.25) is 0 Å². The highest BCUT2D eigenvalue weighted by Crippen LogP contribution is 2.33. The van der Waals surface area contributed by atoms with E-state index in [-0.39, 0.29) is 5.41 Å². The van der Waals surface area contributed by atoms with Crippen LogP contribution in [0.25, 0.3) is 0 Å². The maximum Gasteiger partial charge on any atom is 0.0177 e. The van der Waals surface area contributed by atoms with Crippen molar-refractivity contribution in [3.05, 3.63) is 35.9 Å². The van der Waals surface area contributed by atoms with Crippen molar-refractivity contribution >= 4 is 0 Å². The van der Waals surface area contributed by atoms with Crippen molar-refractivity contribution in [3.63, 3.8) is 0 Å². The summed E-state index contributed by atoms with van der Waals surface area (Å²) < 4.78 is 0. The van der Waals surface area contributed by atoms with Gasteiger partial charge in [0.25, 0.3) is 0 Å². The Hall–Kier alpha value is -0.860. The van der Waals surface area contributed by atoms with Gasteiger partial charge in [-0.05, 0) is 44.2 Å². The molecule has 0 bridgehead atoms. The molecule has 0 saturated heterocycles. The first-order valence-corrected chi connectivity index (χ1v) is 8.74. The highest BCUT2D eigenvalue weighted by atomic mass is 15.2. The summed E-state index contributed by atoms with van der Waals surface area (Å²) >= 11 is 0. The van der Waals surface area contributed by atoms with Crippen LogP contribution in [0.4, 0.5) is 0 Å². The van der Waals surface area contributed by atoms with Crippen LogP contribution in [0.5, 0.6) is 0 Å². The summed E-state index contributed by atoms with van der Waals surface area (Å²) in [5, 5.41) is 3.78. The van der Waals surface area contributed by atoms with E-state index in [0.29, 0.717) is 0 Å². The van der Waals surface area contributed by atoms with E-state index in [2.05, 4.69) is 54.4 Å². The lowest BCUT2D eigenvalue weighted by Gasteiger charge is -2.36. The molecule has 2 heteroatoms. The SMILES string of the molecule is CCCN(CC(C)(CNC1CC1)c1ccccc1)C1CC1. The molecule has 3 rings (SSSR count).